The molecule has 0 aliphatic carbocycles. The molecule has 110 valence electrons. The van der Waals surface area contributed by atoms with Crippen molar-refractivity contribution >= 4 is 0 Å². The van der Waals surface area contributed by atoms with E-state index in [4.69, 9.17) is 9.47 Å². The molecule has 1 spiro atoms. The third-order valence-electron chi connectivity index (χ3n) is 5.88. The van der Waals surface area contributed by atoms with Gasteiger partial charge in [0.1, 0.15) is 0 Å². The number of nitrogens with one attached hydrogen (secondary N) is 1. The highest BCUT2D eigenvalue weighted by molar-refractivity contribution is 5.04. The van der Waals surface area contributed by atoms with Gasteiger partial charge in [-0.05, 0) is 56.9 Å². The van der Waals surface area contributed by atoms with Crippen LogP contribution in [0.15, 0.2) is 0 Å². The Hall–Kier alpha value is -0.120. The number of hydrogen-bond donors (Lipinski definition) is 1. The summed E-state index contributed by atoms with van der Waals surface area (Å²) in [5.74, 6) is 1.50. The topological polar surface area (TPSA) is 30.5 Å². The summed E-state index contributed by atoms with van der Waals surface area (Å²) in [5.41, 5.74) is 0.502. The summed E-state index contributed by atoms with van der Waals surface area (Å²) in [6.07, 6.45) is 7.35. The van der Waals surface area contributed by atoms with Gasteiger partial charge in [0.15, 0.2) is 0 Å². The van der Waals surface area contributed by atoms with Crippen molar-refractivity contribution < 1.29 is 9.47 Å². The van der Waals surface area contributed by atoms with E-state index in [1.165, 1.54) is 32.2 Å². The molecular weight excluding hydrogens is 238 g/mol. The van der Waals surface area contributed by atoms with Gasteiger partial charge < -0.3 is 14.8 Å². The van der Waals surface area contributed by atoms with Crippen LogP contribution in [0.5, 0.6) is 0 Å². The smallest absolute Gasteiger partial charge is 0.0729 e. The molecule has 0 bridgehead atoms. The largest absolute Gasteiger partial charge is 0.381 e. The molecule has 0 aromatic carbocycles. The van der Waals surface area contributed by atoms with E-state index in [0.717, 1.165) is 44.5 Å². The molecule has 0 radical (unpaired) electrons. The second-order valence-electron chi connectivity index (χ2n) is 7.06. The van der Waals surface area contributed by atoms with E-state index >= 15 is 0 Å². The Kier molecular flexibility index (Phi) is 3.89. The molecule has 0 amide bonds. The quantitative estimate of drug-likeness (QED) is 0.834. The van der Waals surface area contributed by atoms with Gasteiger partial charge in [0, 0.05) is 25.4 Å². The highest BCUT2D eigenvalue weighted by Gasteiger charge is 2.49. The lowest BCUT2D eigenvalue weighted by Crippen LogP contribution is -2.57. The fourth-order valence-electron chi connectivity index (χ4n) is 4.66. The maximum Gasteiger partial charge on any atom is 0.0729 e. The Morgan fingerprint density at radius 3 is 2.53 bits per heavy atom. The van der Waals surface area contributed by atoms with Crippen LogP contribution in [0.4, 0.5) is 0 Å². The maximum atomic E-state index is 6.21. The van der Waals surface area contributed by atoms with Crippen LogP contribution < -0.4 is 5.32 Å². The lowest BCUT2D eigenvalue weighted by Gasteiger charge is -2.50. The number of ether oxygens (including phenoxy) is 2. The van der Waals surface area contributed by atoms with Crippen molar-refractivity contribution in [3.63, 3.8) is 0 Å². The summed E-state index contributed by atoms with van der Waals surface area (Å²) in [6, 6.07) is 0. The van der Waals surface area contributed by atoms with Crippen LogP contribution in [-0.2, 0) is 9.47 Å². The first-order valence-corrected chi connectivity index (χ1v) is 8.14. The molecule has 3 aliphatic rings. The van der Waals surface area contributed by atoms with Gasteiger partial charge in [-0.25, -0.2) is 0 Å². The van der Waals surface area contributed by atoms with Crippen LogP contribution in [0.1, 0.15) is 52.4 Å². The highest BCUT2D eigenvalue weighted by atomic mass is 16.5. The summed E-state index contributed by atoms with van der Waals surface area (Å²) in [6.45, 7) is 8.70. The van der Waals surface area contributed by atoms with E-state index in [0.29, 0.717) is 5.54 Å². The van der Waals surface area contributed by atoms with E-state index < -0.39 is 0 Å². The Balaban J connectivity index is 1.76. The molecule has 2 unspecified atom stereocenters. The maximum absolute atomic E-state index is 6.21. The molecule has 3 aliphatic heterocycles. The minimum absolute atomic E-state index is 0.132. The third-order valence-corrected chi connectivity index (χ3v) is 5.88. The molecule has 2 atom stereocenters. The van der Waals surface area contributed by atoms with Crippen molar-refractivity contribution in [2.24, 2.45) is 11.8 Å². The molecule has 1 N–H and O–H groups in total. The molecule has 0 aromatic heterocycles. The molecule has 19 heavy (non-hydrogen) atoms. The van der Waals surface area contributed by atoms with Gasteiger partial charge in [-0.1, -0.05) is 13.8 Å². The molecule has 0 aromatic rings. The van der Waals surface area contributed by atoms with E-state index in [1.807, 2.05) is 0 Å². The summed E-state index contributed by atoms with van der Waals surface area (Å²) in [4.78, 5) is 0. The van der Waals surface area contributed by atoms with Crippen LogP contribution in [0.3, 0.4) is 0 Å². The van der Waals surface area contributed by atoms with Crippen molar-refractivity contribution in [2.45, 2.75) is 63.5 Å². The number of rotatable bonds is 2. The minimum Gasteiger partial charge on any atom is -0.381 e. The van der Waals surface area contributed by atoms with Crippen LogP contribution in [0.2, 0.25) is 0 Å². The number of hydrogen-bond acceptors (Lipinski definition) is 3. The van der Waals surface area contributed by atoms with Gasteiger partial charge in [-0.3, -0.25) is 0 Å². The molecular formula is C16H29NO2. The first kappa shape index (κ1) is 13.8. The molecule has 0 saturated carbocycles. The van der Waals surface area contributed by atoms with E-state index in [1.54, 1.807) is 0 Å². The standard InChI is InChI=1S/C16H29NO2/c1-13(2)16(5-3-8-17-16)14-4-9-19-15(12-14)6-10-18-11-7-15/h13-14,17H,3-12H2,1-2H3. The Morgan fingerprint density at radius 2 is 1.89 bits per heavy atom. The monoisotopic (exact) mass is 267 g/mol. The first-order valence-electron chi connectivity index (χ1n) is 8.14. The molecule has 3 fully saturated rings. The molecule has 3 saturated heterocycles. The van der Waals surface area contributed by atoms with Crippen molar-refractivity contribution in [2.75, 3.05) is 26.4 Å². The van der Waals surface area contributed by atoms with Crippen LogP contribution >= 0.6 is 0 Å². The van der Waals surface area contributed by atoms with Crippen molar-refractivity contribution in [1.82, 2.24) is 5.32 Å². The summed E-state index contributed by atoms with van der Waals surface area (Å²) in [7, 11) is 0. The van der Waals surface area contributed by atoms with Gasteiger partial charge in [-0.15, -0.1) is 0 Å². The zero-order valence-corrected chi connectivity index (χ0v) is 12.5. The molecule has 3 heteroatoms. The zero-order chi connectivity index (χ0) is 13.3. The normalized spacial score (nSPS) is 39.0. The highest BCUT2D eigenvalue weighted by Crippen LogP contribution is 2.46. The van der Waals surface area contributed by atoms with Crippen LogP contribution in [0, 0.1) is 11.8 Å². The fraction of sp³-hybridized carbons (Fsp3) is 1.00. The SMILES string of the molecule is CC(C)C1(C2CCOC3(CCOCC3)C2)CCCN1. The van der Waals surface area contributed by atoms with E-state index in [9.17, 15) is 0 Å². The Bertz CT molecular complexity index is 298. The van der Waals surface area contributed by atoms with Gasteiger partial charge >= 0.3 is 0 Å². The Morgan fingerprint density at radius 1 is 1.11 bits per heavy atom. The lowest BCUT2D eigenvalue weighted by atomic mass is 9.66. The summed E-state index contributed by atoms with van der Waals surface area (Å²) < 4.78 is 11.7. The average Bonchev–Trinajstić information content (AvgIpc) is 2.90. The Labute approximate surface area is 117 Å². The van der Waals surface area contributed by atoms with Crippen LogP contribution in [-0.4, -0.2) is 37.5 Å². The van der Waals surface area contributed by atoms with Gasteiger partial charge in [0.2, 0.25) is 0 Å². The predicted octanol–water partition coefficient (Wildman–Crippen LogP) is 2.74. The first-order chi connectivity index (χ1) is 9.17. The molecule has 3 rings (SSSR count). The fourth-order valence-corrected chi connectivity index (χ4v) is 4.66. The van der Waals surface area contributed by atoms with Crippen molar-refractivity contribution in [3.8, 4) is 0 Å². The van der Waals surface area contributed by atoms with E-state index in [2.05, 4.69) is 19.2 Å². The molecule has 3 heterocycles. The molecule has 3 nitrogen and oxygen atoms in total. The predicted molar refractivity (Wildman–Crippen MR) is 76.3 cm³/mol. The van der Waals surface area contributed by atoms with Crippen molar-refractivity contribution in [3.05, 3.63) is 0 Å². The van der Waals surface area contributed by atoms with E-state index in [-0.39, 0.29) is 5.60 Å². The second-order valence-corrected chi connectivity index (χ2v) is 7.06. The lowest BCUT2D eigenvalue weighted by molar-refractivity contribution is -0.158. The van der Waals surface area contributed by atoms with Crippen molar-refractivity contribution in [1.29, 1.82) is 0 Å². The third kappa shape index (κ3) is 2.45. The van der Waals surface area contributed by atoms with Crippen LogP contribution in [0.25, 0.3) is 0 Å². The van der Waals surface area contributed by atoms with Gasteiger partial charge in [0.05, 0.1) is 5.60 Å². The second kappa shape index (κ2) is 5.34. The zero-order valence-electron chi connectivity index (χ0n) is 12.5. The summed E-state index contributed by atoms with van der Waals surface area (Å²) in [5, 5.41) is 3.87. The van der Waals surface area contributed by atoms with Gasteiger partial charge in [0.25, 0.3) is 0 Å². The minimum atomic E-state index is 0.132. The average molecular weight is 267 g/mol. The van der Waals surface area contributed by atoms with Gasteiger partial charge in [-0.2, -0.15) is 0 Å². The summed E-state index contributed by atoms with van der Waals surface area (Å²) >= 11 is 0.